The van der Waals surface area contributed by atoms with Crippen LogP contribution in [0.25, 0.3) is 0 Å². The molecule has 1 N–H and O–H groups in total. The summed E-state index contributed by atoms with van der Waals surface area (Å²) in [5.41, 5.74) is 3.15. The van der Waals surface area contributed by atoms with Crippen molar-refractivity contribution in [3.63, 3.8) is 0 Å². The standard InChI is InChI=1S/C7H16N2O/c1-8-9-5-3-4-7(9)6-10-2/h7-8H,3-6H2,1-2H3. The third-order valence-corrected chi connectivity index (χ3v) is 2.02. The molecule has 1 saturated heterocycles. The second-order valence-corrected chi connectivity index (χ2v) is 2.67. The van der Waals surface area contributed by atoms with Crippen LogP contribution in [0.5, 0.6) is 0 Å². The van der Waals surface area contributed by atoms with Crippen LogP contribution in [-0.2, 0) is 4.74 Å². The Morgan fingerprint density at radius 2 is 2.50 bits per heavy atom. The van der Waals surface area contributed by atoms with E-state index in [2.05, 4.69) is 10.4 Å². The van der Waals surface area contributed by atoms with Gasteiger partial charge < -0.3 is 4.74 Å². The maximum absolute atomic E-state index is 5.08. The van der Waals surface area contributed by atoms with Crippen LogP contribution in [0, 0.1) is 0 Å². The van der Waals surface area contributed by atoms with Gasteiger partial charge in [-0.25, -0.2) is 5.01 Å². The molecule has 1 atom stereocenters. The van der Waals surface area contributed by atoms with Gasteiger partial charge in [-0.2, -0.15) is 0 Å². The van der Waals surface area contributed by atoms with Gasteiger partial charge in [0.05, 0.1) is 6.61 Å². The van der Waals surface area contributed by atoms with Gasteiger partial charge >= 0.3 is 0 Å². The van der Waals surface area contributed by atoms with Crippen LogP contribution in [0.1, 0.15) is 12.8 Å². The van der Waals surface area contributed by atoms with E-state index in [4.69, 9.17) is 4.74 Å². The number of nitrogens with zero attached hydrogens (tertiary/aromatic N) is 1. The van der Waals surface area contributed by atoms with Crippen molar-refractivity contribution in [3.8, 4) is 0 Å². The number of nitrogens with one attached hydrogen (secondary N) is 1. The third kappa shape index (κ3) is 1.68. The van der Waals surface area contributed by atoms with Crippen molar-refractivity contribution in [1.82, 2.24) is 10.4 Å². The molecule has 3 nitrogen and oxygen atoms in total. The molecule has 0 bridgehead atoms. The van der Waals surface area contributed by atoms with Gasteiger partial charge in [-0.15, -0.1) is 0 Å². The fourth-order valence-electron chi connectivity index (χ4n) is 1.50. The number of hydrogen-bond acceptors (Lipinski definition) is 3. The van der Waals surface area contributed by atoms with E-state index in [1.165, 1.54) is 12.8 Å². The normalized spacial score (nSPS) is 27.6. The first kappa shape index (κ1) is 7.98. The number of hydrazine groups is 1. The van der Waals surface area contributed by atoms with Crippen molar-refractivity contribution >= 4 is 0 Å². The van der Waals surface area contributed by atoms with Crippen molar-refractivity contribution < 1.29 is 4.74 Å². The van der Waals surface area contributed by atoms with Crippen LogP contribution in [0.3, 0.4) is 0 Å². The van der Waals surface area contributed by atoms with E-state index < -0.39 is 0 Å². The summed E-state index contributed by atoms with van der Waals surface area (Å²) < 4.78 is 5.08. The zero-order valence-electron chi connectivity index (χ0n) is 6.76. The molecule has 10 heavy (non-hydrogen) atoms. The Kier molecular flexibility index (Phi) is 3.12. The Bertz CT molecular complexity index is 97.6. The molecule has 0 radical (unpaired) electrons. The molecule has 0 aliphatic carbocycles. The summed E-state index contributed by atoms with van der Waals surface area (Å²) in [5, 5.41) is 2.24. The second kappa shape index (κ2) is 3.91. The first-order valence-electron chi connectivity index (χ1n) is 3.81. The van der Waals surface area contributed by atoms with Gasteiger partial charge in [0.2, 0.25) is 0 Å². The summed E-state index contributed by atoms with van der Waals surface area (Å²) in [6.45, 7) is 2.01. The molecule has 1 aliphatic heterocycles. The number of methoxy groups -OCH3 is 1. The lowest BCUT2D eigenvalue weighted by molar-refractivity contribution is 0.0910. The molecule has 0 aromatic rings. The molecule has 0 spiro atoms. The highest BCUT2D eigenvalue weighted by Crippen LogP contribution is 2.13. The average Bonchev–Trinajstić information content (AvgIpc) is 2.36. The topological polar surface area (TPSA) is 24.5 Å². The van der Waals surface area contributed by atoms with Crippen LogP contribution >= 0.6 is 0 Å². The first-order valence-corrected chi connectivity index (χ1v) is 3.81. The molecule has 0 aromatic carbocycles. The number of hydrogen-bond donors (Lipinski definition) is 1. The highest BCUT2D eigenvalue weighted by Gasteiger charge is 2.22. The molecule has 1 rings (SSSR count). The Hall–Kier alpha value is -0.120. The molecule has 0 amide bonds. The SMILES string of the molecule is CNN1CCCC1COC. The highest BCUT2D eigenvalue weighted by molar-refractivity contribution is 4.74. The quantitative estimate of drug-likeness (QED) is 0.613. The lowest BCUT2D eigenvalue weighted by Crippen LogP contribution is -2.41. The summed E-state index contributed by atoms with van der Waals surface area (Å²) >= 11 is 0. The van der Waals surface area contributed by atoms with Gasteiger partial charge in [0.1, 0.15) is 0 Å². The van der Waals surface area contributed by atoms with Crippen LogP contribution in [0.2, 0.25) is 0 Å². The largest absolute Gasteiger partial charge is 0.383 e. The smallest absolute Gasteiger partial charge is 0.0632 e. The van der Waals surface area contributed by atoms with Gasteiger partial charge in [0.15, 0.2) is 0 Å². The molecular formula is C7H16N2O. The minimum atomic E-state index is 0.593. The van der Waals surface area contributed by atoms with Gasteiger partial charge in [-0.3, -0.25) is 5.43 Å². The minimum Gasteiger partial charge on any atom is -0.383 e. The van der Waals surface area contributed by atoms with Crippen LogP contribution in [0.15, 0.2) is 0 Å². The molecule has 60 valence electrons. The predicted octanol–water partition coefficient (Wildman–Crippen LogP) is 0.232. The molecule has 1 aliphatic rings. The summed E-state index contributed by atoms with van der Waals surface area (Å²) in [7, 11) is 3.72. The minimum absolute atomic E-state index is 0.593. The lowest BCUT2D eigenvalue weighted by atomic mass is 10.2. The zero-order chi connectivity index (χ0) is 7.40. The second-order valence-electron chi connectivity index (χ2n) is 2.67. The van der Waals surface area contributed by atoms with E-state index >= 15 is 0 Å². The third-order valence-electron chi connectivity index (χ3n) is 2.02. The predicted molar refractivity (Wildman–Crippen MR) is 40.7 cm³/mol. The Morgan fingerprint density at radius 1 is 1.70 bits per heavy atom. The van der Waals surface area contributed by atoms with E-state index in [-0.39, 0.29) is 0 Å². The molecule has 1 heterocycles. The Morgan fingerprint density at radius 3 is 3.10 bits per heavy atom. The molecular weight excluding hydrogens is 128 g/mol. The van der Waals surface area contributed by atoms with Crippen molar-refractivity contribution in [2.24, 2.45) is 0 Å². The zero-order valence-corrected chi connectivity index (χ0v) is 6.76. The maximum Gasteiger partial charge on any atom is 0.0632 e. The molecule has 0 aromatic heterocycles. The molecule has 1 unspecified atom stereocenters. The van der Waals surface area contributed by atoms with Crippen LogP contribution in [-0.4, -0.2) is 38.4 Å². The van der Waals surface area contributed by atoms with E-state index in [1.54, 1.807) is 7.11 Å². The summed E-state index contributed by atoms with van der Waals surface area (Å²) in [5.74, 6) is 0. The van der Waals surface area contributed by atoms with E-state index in [9.17, 15) is 0 Å². The fraction of sp³-hybridized carbons (Fsp3) is 1.00. The molecule has 0 saturated carbocycles. The van der Waals surface area contributed by atoms with Crippen molar-refractivity contribution in [2.75, 3.05) is 27.3 Å². The van der Waals surface area contributed by atoms with E-state index in [0.717, 1.165) is 13.2 Å². The lowest BCUT2D eigenvalue weighted by Gasteiger charge is -2.21. The van der Waals surface area contributed by atoms with Gasteiger partial charge in [0, 0.05) is 19.7 Å². The molecule has 1 fully saturated rings. The monoisotopic (exact) mass is 144 g/mol. The van der Waals surface area contributed by atoms with Gasteiger partial charge in [-0.05, 0) is 19.9 Å². The number of ether oxygens (including phenoxy) is 1. The van der Waals surface area contributed by atoms with Crippen molar-refractivity contribution in [2.45, 2.75) is 18.9 Å². The van der Waals surface area contributed by atoms with Crippen LogP contribution < -0.4 is 5.43 Å². The van der Waals surface area contributed by atoms with E-state index in [0.29, 0.717) is 6.04 Å². The maximum atomic E-state index is 5.08. The first-order chi connectivity index (χ1) is 4.88. The Balaban J connectivity index is 2.27. The highest BCUT2D eigenvalue weighted by atomic mass is 16.5. The number of rotatable bonds is 3. The van der Waals surface area contributed by atoms with Gasteiger partial charge in [0.25, 0.3) is 0 Å². The summed E-state index contributed by atoms with van der Waals surface area (Å²) in [6.07, 6.45) is 2.55. The average molecular weight is 144 g/mol. The summed E-state index contributed by atoms with van der Waals surface area (Å²) in [4.78, 5) is 0. The van der Waals surface area contributed by atoms with Crippen molar-refractivity contribution in [3.05, 3.63) is 0 Å². The van der Waals surface area contributed by atoms with E-state index in [1.807, 2.05) is 7.05 Å². The van der Waals surface area contributed by atoms with Crippen molar-refractivity contribution in [1.29, 1.82) is 0 Å². The van der Waals surface area contributed by atoms with Gasteiger partial charge in [-0.1, -0.05) is 0 Å². The Labute approximate surface area is 62.3 Å². The van der Waals surface area contributed by atoms with Crippen LogP contribution in [0.4, 0.5) is 0 Å². The summed E-state index contributed by atoms with van der Waals surface area (Å²) in [6, 6.07) is 0.593. The molecule has 3 heteroatoms. The fourth-order valence-corrected chi connectivity index (χ4v) is 1.50.